The molecule has 0 spiro atoms. The summed E-state index contributed by atoms with van der Waals surface area (Å²) in [6.07, 6.45) is 3.27. The first-order valence-electron chi connectivity index (χ1n) is 7.69. The highest BCUT2D eigenvalue weighted by Gasteiger charge is 2.29. The van der Waals surface area contributed by atoms with Gasteiger partial charge in [-0.2, -0.15) is 4.31 Å². The SMILES string of the molecule is O=C(O)/C(=C/c1ccc(Br)cc1)c1ccc(S(=O)(=O)N2CCCC2)s1. The lowest BCUT2D eigenvalue weighted by atomic mass is 10.1. The number of carbonyl (C=O) groups is 1. The van der Waals surface area contributed by atoms with Crippen molar-refractivity contribution in [2.24, 2.45) is 0 Å². The lowest BCUT2D eigenvalue weighted by Gasteiger charge is -2.13. The van der Waals surface area contributed by atoms with Crippen molar-refractivity contribution >= 4 is 54.9 Å². The first-order chi connectivity index (χ1) is 11.9. The van der Waals surface area contributed by atoms with Crippen molar-refractivity contribution in [3.8, 4) is 0 Å². The van der Waals surface area contributed by atoms with Crippen LogP contribution in [0.3, 0.4) is 0 Å². The van der Waals surface area contributed by atoms with Crippen molar-refractivity contribution in [3.63, 3.8) is 0 Å². The fraction of sp³-hybridized carbons (Fsp3) is 0.235. The zero-order chi connectivity index (χ0) is 18.0. The molecule has 0 atom stereocenters. The summed E-state index contributed by atoms with van der Waals surface area (Å²) in [6.45, 7) is 1.05. The van der Waals surface area contributed by atoms with Gasteiger partial charge in [0.15, 0.2) is 0 Å². The Morgan fingerprint density at radius 1 is 1.12 bits per heavy atom. The van der Waals surface area contributed by atoms with Gasteiger partial charge in [0, 0.05) is 22.4 Å². The quantitative estimate of drug-likeness (QED) is 0.713. The van der Waals surface area contributed by atoms with E-state index in [1.165, 1.54) is 10.4 Å². The molecule has 5 nitrogen and oxygen atoms in total. The minimum atomic E-state index is -3.53. The Morgan fingerprint density at radius 3 is 2.36 bits per heavy atom. The van der Waals surface area contributed by atoms with E-state index in [1.807, 2.05) is 12.1 Å². The number of sulfonamides is 1. The molecule has 1 aromatic heterocycles. The molecule has 0 amide bonds. The van der Waals surface area contributed by atoms with E-state index in [9.17, 15) is 18.3 Å². The standard InChI is InChI=1S/C17H16BrNO4S2/c18-13-5-3-12(4-6-13)11-14(17(20)21)15-7-8-16(24-15)25(22,23)19-9-1-2-10-19/h3-8,11H,1-2,9-10H2,(H,20,21)/b14-11+. The minimum absolute atomic E-state index is 0.0789. The molecular weight excluding hydrogens is 426 g/mol. The molecule has 0 radical (unpaired) electrons. The highest BCUT2D eigenvalue weighted by Crippen LogP contribution is 2.32. The molecule has 132 valence electrons. The number of carboxylic acids is 1. The Morgan fingerprint density at radius 2 is 1.76 bits per heavy atom. The molecule has 1 N–H and O–H groups in total. The Hall–Kier alpha value is -1.48. The fourth-order valence-corrected chi connectivity index (χ4v) is 5.87. The molecule has 1 saturated heterocycles. The summed E-state index contributed by atoms with van der Waals surface area (Å²) >= 11 is 4.33. The first-order valence-corrected chi connectivity index (χ1v) is 10.7. The van der Waals surface area contributed by atoms with Gasteiger partial charge < -0.3 is 5.11 Å². The van der Waals surface area contributed by atoms with Crippen LogP contribution in [0, 0.1) is 0 Å². The van der Waals surface area contributed by atoms with Crippen LogP contribution < -0.4 is 0 Å². The lowest BCUT2D eigenvalue weighted by Crippen LogP contribution is -2.27. The van der Waals surface area contributed by atoms with E-state index in [4.69, 9.17) is 0 Å². The van der Waals surface area contributed by atoms with Crippen LogP contribution in [-0.4, -0.2) is 36.9 Å². The van der Waals surface area contributed by atoms with Gasteiger partial charge >= 0.3 is 5.97 Å². The molecule has 1 fully saturated rings. The van der Waals surface area contributed by atoms with Crippen LogP contribution >= 0.6 is 27.3 Å². The zero-order valence-electron chi connectivity index (χ0n) is 13.2. The van der Waals surface area contributed by atoms with E-state index in [0.29, 0.717) is 18.0 Å². The number of halogens is 1. The Kier molecular flexibility index (Phi) is 5.43. The third kappa shape index (κ3) is 4.03. The normalized spacial score (nSPS) is 16.3. The maximum atomic E-state index is 12.6. The number of aliphatic carboxylic acids is 1. The van der Waals surface area contributed by atoms with Crippen molar-refractivity contribution in [3.05, 3.63) is 51.3 Å². The maximum absolute atomic E-state index is 12.6. The van der Waals surface area contributed by atoms with Crippen LogP contribution in [-0.2, 0) is 14.8 Å². The molecular formula is C17H16BrNO4S2. The van der Waals surface area contributed by atoms with Crippen LogP contribution in [0.5, 0.6) is 0 Å². The summed E-state index contributed by atoms with van der Waals surface area (Å²) in [5, 5.41) is 9.54. The molecule has 0 aliphatic carbocycles. The summed E-state index contributed by atoms with van der Waals surface area (Å²) < 4.78 is 27.7. The smallest absolute Gasteiger partial charge is 0.337 e. The molecule has 0 saturated carbocycles. The van der Waals surface area contributed by atoms with Gasteiger partial charge in [0.05, 0.1) is 5.57 Å². The van der Waals surface area contributed by atoms with Crippen molar-refractivity contribution in [2.75, 3.05) is 13.1 Å². The van der Waals surface area contributed by atoms with Gasteiger partial charge in [-0.15, -0.1) is 11.3 Å². The number of thiophene rings is 1. The molecule has 1 aliphatic rings. The van der Waals surface area contributed by atoms with Crippen molar-refractivity contribution in [1.82, 2.24) is 4.31 Å². The second-order valence-electron chi connectivity index (χ2n) is 5.64. The molecule has 0 bridgehead atoms. The summed E-state index contributed by atoms with van der Waals surface area (Å²) in [5.41, 5.74) is 0.813. The minimum Gasteiger partial charge on any atom is -0.478 e. The van der Waals surface area contributed by atoms with Gasteiger partial charge in [0.25, 0.3) is 10.0 Å². The third-order valence-corrected chi connectivity index (χ3v) is 7.93. The van der Waals surface area contributed by atoms with Crippen LogP contribution in [0.4, 0.5) is 0 Å². The van der Waals surface area contributed by atoms with E-state index < -0.39 is 16.0 Å². The van der Waals surface area contributed by atoms with Gasteiger partial charge in [0.2, 0.25) is 0 Å². The van der Waals surface area contributed by atoms with Gasteiger partial charge in [-0.3, -0.25) is 0 Å². The van der Waals surface area contributed by atoms with Crippen molar-refractivity contribution in [1.29, 1.82) is 0 Å². The van der Waals surface area contributed by atoms with Crippen LogP contribution in [0.25, 0.3) is 11.6 Å². The van der Waals surface area contributed by atoms with E-state index in [1.54, 1.807) is 24.3 Å². The molecule has 25 heavy (non-hydrogen) atoms. The molecule has 3 rings (SSSR count). The molecule has 8 heteroatoms. The summed E-state index contributed by atoms with van der Waals surface area (Å²) in [4.78, 5) is 12.1. The average Bonchev–Trinajstić information content (AvgIpc) is 3.26. The van der Waals surface area contributed by atoms with Gasteiger partial charge in [-0.05, 0) is 48.7 Å². The van der Waals surface area contributed by atoms with Crippen LogP contribution in [0.15, 0.2) is 45.1 Å². The van der Waals surface area contributed by atoms with Crippen molar-refractivity contribution < 1.29 is 18.3 Å². The second-order valence-corrected chi connectivity index (χ2v) is 9.81. The predicted octanol–water partition coefficient (Wildman–Crippen LogP) is 3.92. The summed E-state index contributed by atoms with van der Waals surface area (Å²) in [7, 11) is -3.53. The zero-order valence-corrected chi connectivity index (χ0v) is 16.4. The molecule has 1 aromatic carbocycles. The highest BCUT2D eigenvalue weighted by atomic mass is 79.9. The average molecular weight is 442 g/mol. The molecule has 2 heterocycles. The maximum Gasteiger partial charge on any atom is 0.337 e. The largest absolute Gasteiger partial charge is 0.478 e. The van der Waals surface area contributed by atoms with Crippen LogP contribution in [0.2, 0.25) is 0 Å². The number of hydrogen-bond donors (Lipinski definition) is 1. The van der Waals surface area contributed by atoms with Crippen molar-refractivity contribution in [2.45, 2.75) is 17.1 Å². The Balaban J connectivity index is 1.95. The van der Waals surface area contributed by atoms with E-state index in [2.05, 4.69) is 15.9 Å². The fourth-order valence-electron chi connectivity index (χ4n) is 2.62. The highest BCUT2D eigenvalue weighted by molar-refractivity contribution is 9.10. The Labute approximate surface area is 158 Å². The lowest BCUT2D eigenvalue weighted by molar-refractivity contribution is -0.130. The summed E-state index contributed by atoms with van der Waals surface area (Å²) in [5.74, 6) is -1.09. The number of hydrogen-bond acceptors (Lipinski definition) is 4. The number of rotatable bonds is 5. The molecule has 1 aliphatic heterocycles. The Bertz CT molecular complexity index is 910. The van der Waals surface area contributed by atoms with Gasteiger partial charge in [-0.1, -0.05) is 28.1 Å². The number of benzene rings is 1. The monoisotopic (exact) mass is 441 g/mol. The number of carboxylic acid groups (broad SMARTS) is 1. The topological polar surface area (TPSA) is 74.7 Å². The van der Waals surface area contributed by atoms with Crippen LogP contribution in [0.1, 0.15) is 23.3 Å². The molecule has 2 aromatic rings. The van der Waals surface area contributed by atoms with Gasteiger partial charge in [0.1, 0.15) is 4.21 Å². The first kappa shape index (κ1) is 18.3. The molecule has 0 unspecified atom stereocenters. The van der Waals surface area contributed by atoms with E-state index in [0.717, 1.165) is 34.2 Å². The van der Waals surface area contributed by atoms with E-state index >= 15 is 0 Å². The third-order valence-electron chi connectivity index (χ3n) is 3.92. The summed E-state index contributed by atoms with van der Waals surface area (Å²) in [6, 6.07) is 10.3. The number of nitrogens with zero attached hydrogens (tertiary/aromatic N) is 1. The predicted molar refractivity (Wildman–Crippen MR) is 102 cm³/mol. The van der Waals surface area contributed by atoms with Gasteiger partial charge in [-0.25, -0.2) is 13.2 Å². The van der Waals surface area contributed by atoms with E-state index in [-0.39, 0.29) is 9.78 Å². The second kappa shape index (κ2) is 7.41.